The third-order valence-electron chi connectivity index (χ3n) is 9.37. The Morgan fingerprint density at radius 2 is 1.44 bits per heavy atom. The fraction of sp³-hybridized carbons (Fsp3) is 0.353. The minimum Gasteiger partial charge on any atom is -0.497 e. The molecule has 3 aliphatic heterocycles. The van der Waals surface area contributed by atoms with Gasteiger partial charge in [-0.05, 0) is 65.9 Å². The minimum absolute atomic E-state index is 0.291. The van der Waals surface area contributed by atoms with Gasteiger partial charge in [-0.25, -0.2) is 0 Å². The highest BCUT2D eigenvalue weighted by Crippen LogP contribution is 2.63. The van der Waals surface area contributed by atoms with Gasteiger partial charge < -0.3 is 18.9 Å². The van der Waals surface area contributed by atoms with E-state index in [1.807, 2.05) is 24.3 Å². The molecule has 3 fully saturated rings. The predicted octanol–water partition coefficient (Wildman–Crippen LogP) is 5.19. The van der Waals surface area contributed by atoms with Crippen molar-refractivity contribution in [1.82, 2.24) is 5.01 Å². The first kappa shape index (κ1) is 27.2. The predicted molar refractivity (Wildman–Crippen MR) is 156 cm³/mol. The second kappa shape index (κ2) is 10.3. The van der Waals surface area contributed by atoms with Crippen LogP contribution in [0.25, 0.3) is 0 Å². The molecule has 0 aromatic heterocycles. The summed E-state index contributed by atoms with van der Waals surface area (Å²) in [6.45, 7) is 0. The van der Waals surface area contributed by atoms with Crippen LogP contribution in [-0.4, -0.2) is 55.0 Å². The Labute approximate surface area is 249 Å². The molecule has 43 heavy (non-hydrogen) atoms. The van der Waals surface area contributed by atoms with Crippen molar-refractivity contribution in [3.8, 4) is 11.5 Å². The van der Waals surface area contributed by atoms with Crippen LogP contribution in [0.5, 0.6) is 11.5 Å². The first-order chi connectivity index (χ1) is 20.9. The number of hydrogen-bond donors (Lipinski definition) is 0. The number of methoxy groups -OCH3 is 2. The van der Waals surface area contributed by atoms with Crippen LogP contribution < -0.4 is 9.47 Å². The Morgan fingerprint density at radius 1 is 0.837 bits per heavy atom. The fourth-order valence-corrected chi connectivity index (χ4v) is 7.31. The molecule has 9 nitrogen and oxygen atoms in total. The van der Waals surface area contributed by atoms with E-state index in [0.717, 1.165) is 24.8 Å². The average molecular weight is 581 g/mol. The summed E-state index contributed by atoms with van der Waals surface area (Å²) >= 11 is 0. The molecule has 220 valence electrons. The van der Waals surface area contributed by atoms with Gasteiger partial charge in [-0.3, -0.25) is 19.4 Å². The maximum absolute atomic E-state index is 14.7. The van der Waals surface area contributed by atoms with Crippen molar-refractivity contribution in [2.45, 2.75) is 55.9 Å². The first-order valence-electron chi connectivity index (χ1n) is 14.6. The Hall–Kier alpha value is -4.66. The van der Waals surface area contributed by atoms with Crippen molar-refractivity contribution in [1.29, 1.82) is 0 Å². The van der Waals surface area contributed by atoms with Gasteiger partial charge in [-0.1, -0.05) is 42.8 Å². The maximum atomic E-state index is 14.7. The number of carbonyl (C=O) groups excluding carboxylic acids is 3. The van der Waals surface area contributed by atoms with Crippen LogP contribution in [-0.2, 0) is 19.1 Å². The fourth-order valence-electron chi connectivity index (χ4n) is 7.31. The smallest absolute Gasteiger partial charge is 0.330 e. The Morgan fingerprint density at radius 3 is 2.07 bits per heavy atom. The van der Waals surface area contributed by atoms with Crippen molar-refractivity contribution in [3.63, 3.8) is 0 Å². The van der Waals surface area contributed by atoms with Crippen LogP contribution in [0.3, 0.4) is 0 Å². The number of carbonyl (C=O) groups is 3. The molecule has 1 aliphatic carbocycles. The number of esters is 2. The maximum Gasteiger partial charge on any atom is 0.330 e. The van der Waals surface area contributed by atoms with Gasteiger partial charge in [-0.2, -0.15) is 5.10 Å². The number of nitrogens with zero attached hydrogens (tertiary/aromatic N) is 2. The van der Waals surface area contributed by atoms with E-state index >= 15 is 0 Å². The van der Waals surface area contributed by atoms with E-state index in [1.54, 1.807) is 74.0 Å². The van der Waals surface area contributed by atoms with Gasteiger partial charge >= 0.3 is 11.9 Å². The van der Waals surface area contributed by atoms with E-state index in [1.165, 1.54) is 0 Å². The monoisotopic (exact) mass is 580 g/mol. The van der Waals surface area contributed by atoms with Gasteiger partial charge in [0.05, 0.1) is 20.4 Å². The molecular formula is C34H32N2O7. The van der Waals surface area contributed by atoms with Crippen molar-refractivity contribution >= 4 is 23.9 Å². The van der Waals surface area contributed by atoms with Crippen molar-refractivity contribution < 1.29 is 33.3 Å². The topological polar surface area (TPSA) is 104 Å². The molecule has 9 heteroatoms. The van der Waals surface area contributed by atoms with Gasteiger partial charge in [0.1, 0.15) is 23.6 Å². The molecule has 0 unspecified atom stereocenters. The molecule has 2 saturated heterocycles. The normalized spacial score (nSPS) is 24.6. The summed E-state index contributed by atoms with van der Waals surface area (Å²) in [6, 6.07) is 19.4. The largest absolute Gasteiger partial charge is 0.497 e. The second-order valence-corrected chi connectivity index (χ2v) is 11.6. The van der Waals surface area contributed by atoms with Crippen molar-refractivity contribution in [2.75, 3.05) is 14.2 Å². The molecule has 3 aromatic carbocycles. The van der Waals surface area contributed by atoms with Gasteiger partial charge in [0, 0.05) is 24.3 Å². The summed E-state index contributed by atoms with van der Waals surface area (Å²) in [7, 11) is 3.12. The summed E-state index contributed by atoms with van der Waals surface area (Å²) in [5.74, 6) is -2.72. The quantitative estimate of drug-likeness (QED) is 0.231. The van der Waals surface area contributed by atoms with Crippen LogP contribution >= 0.6 is 0 Å². The lowest BCUT2D eigenvalue weighted by molar-refractivity contribution is -0.273. The highest BCUT2D eigenvalue weighted by Gasteiger charge is 2.75. The number of rotatable bonds is 5. The molecule has 4 aliphatic rings. The average Bonchev–Trinajstić information content (AvgIpc) is 3.36. The third-order valence-corrected chi connectivity index (χ3v) is 9.37. The van der Waals surface area contributed by atoms with Crippen LogP contribution in [0.15, 0.2) is 77.9 Å². The molecule has 2 spiro atoms. The molecule has 3 aromatic rings. The molecule has 0 radical (unpaired) electrons. The van der Waals surface area contributed by atoms with Crippen LogP contribution in [0.1, 0.15) is 71.1 Å². The van der Waals surface area contributed by atoms with Crippen molar-refractivity contribution in [2.24, 2.45) is 10.5 Å². The zero-order chi connectivity index (χ0) is 29.8. The molecule has 0 N–H and O–H groups in total. The van der Waals surface area contributed by atoms with E-state index in [2.05, 4.69) is 0 Å². The summed E-state index contributed by atoms with van der Waals surface area (Å²) in [6.07, 6.45) is 5.13. The lowest BCUT2D eigenvalue weighted by Crippen LogP contribution is -2.60. The number of benzene rings is 3. The van der Waals surface area contributed by atoms with E-state index in [0.29, 0.717) is 41.0 Å². The standard InChI is InChI=1S/C34H32N2O7/c1-40-24-14-10-21(11-15-24)27-28(29(37)22-12-16-25(41-2)17-13-22)36-30(26-9-5-4-8-23(26)20-35-36)34(27)31(38)42-33(43-32(34)39)18-6-3-7-19-33/h4-5,8-17,20,27-28,30H,3,6-7,18-19H2,1-2H3/t27-,28+,30+/m0/s1. The summed E-state index contributed by atoms with van der Waals surface area (Å²) in [4.78, 5) is 44.0. The molecular weight excluding hydrogens is 548 g/mol. The van der Waals surface area contributed by atoms with Crippen molar-refractivity contribution in [3.05, 3.63) is 95.1 Å². The van der Waals surface area contributed by atoms with Crippen LogP contribution in [0.4, 0.5) is 0 Å². The number of Topliss-reactive ketones (excluding diaryl/α,β-unsaturated/α-hetero) is 1. The molecule has 0 amide bonds. The summed E-state index contributed by atoms with van der Waals surface area (Å²) in [5.41, 5.74) is 0.554. The van der Waals surface area contributed by atoms with E-state index in [4.69, 9.17) is 24.0 Å². The zero-order valence-electron chi connectivity index (χ0n) is 24.0. The van der Waals surface area contributed by atoms with E-state index < -0.39 is 41.1 Å². The number of ketones is 1. The SMILES string of the molecule is COc1ccc(C(=O)[C@H]2[C@H](c3ccc(OC)cc3)C3(C(=O)OC4(CCCCC4)OC3=O)[C@H]3c4ccccc4C=NN23)cc1. The van der Waals surface area contributed by atoms with Gasteiger partial charge in [-0.15, -0.1) is 0 Å². The second-order valence-electron chi connectivity index (χ2n) is 11.6. The molecule has 1 saturated carbocycles. The van der Waals surface area contributed by atoms with Crippen LogP contribution in [0, 0.1) is 5.41 Å². The number of hydrogen-bond acceptors (Lipinski definition) is 9. The lowest BCUT2D eigenvalue weighted by Gasteiger charge is -2.47. The molecule has 3 heterocycles. The third kappa shape index (κ3) is 4.05. The van der Waals surface area contributed by atoms with Gasteiger partial charge in [0.15, 0.2) is 5.78 Å². The summed E-state index contributed by atoms with van der Waals surface area (Å²) < 4.78 is 23.2. The van der Waals surface area contributed by atoms with E-state index in [-0.39, 0.29) is 5.78 Å². The number of ether oxygens (including phenoxy) is 4. The highest BCUT2D eigenvalue weighted by atomic mass is 16.7. The minimum atomic E-state index is -1.90. The molecule has 0 bridgehead atoms. The van der Waals surface area contributed by atoms with Gasteiger partial charge in [0.25, 0.3) is 5.79 Å². The zero-order valence-corrected chi connectivity index (χ0v) is 24.0. The molecule has 7 rings (SSSR count). The highest BCUT2D eigenvalue weighted by molar-refractivity contribution is 6.09. The van der Waals surface area contributed by atoms with E-state index in [9.17, 15) is 14.4 Å². The molecule has 3 atom stereocenters. The Kier molecular flexibility index (Phi) is 6.49. The number of fused-ring (bicyclic) bond motifs is 4. The number of hydrazone groups is 1. The Bertz CT molecular complexity index is 1590. The lowest BCUT2D eigenvalue weighted by atomic mass is 9.65. The Balaban J connectivity index is 1.46. The summed E-state index contributed by atoms with van der Waals surface area (Å²) in [5, 5.41) is 6.37. The first-order valence-corrected chi connectivity index (χ1v) is 14.6. The van der Waals surface area contributed by atoms with Gasteiger partial charge in [0.2, 0.25) is 5.41 Å². The van der Waals surface area contributed by atoms with Crippen LogP contribution in [0.2, 0.25) is 0 Å².